The summed E-state index contributed by atoms with van der Waals surface area (Å²) in [5.41, 5.74) is 0.686. The number of imidazole rings is 1. The summed E-state index contributed by atoms with van der Waals surface area (Å²) in [6.07, 6.45) is 4.01. The molecule has 3 aliphatic rings. The molecular formula is C15H18N8O2S. The van der Waals surface area contributed by atoms with Crippen molar-refractivity contribution in [3.63, 3.8) is 0 Å². The monoisotopic (exact) mass is 374 g/mol. The Morgan fingerprint density at radius 2 is 1.96 bits per heavy atom. The molecule has 3 fully saturated rings. The molecule has 6 rings (SSSR count). The summed E-state index contributed by atoms with van der Waals surface area (Å²) in [5.74, 6) is 1.49. The standard InChI is InChI=1S/C15H18N8O2S/c1-10-17-15(8-20(10)2)26(24,25)23-11-5-12(23)7-21(6-11)14-4-3-13-18-16-9-22(13)19-14/h3-4,8-9,11-12H,5-7H2,1-2H3. The minimum atomic E-state index is -3.57. The molecule has 10 nitrogen and oxygen atoms in total. The maximum absolute atomic E-state index is 13.0. The number of hydrogen-bond donors (Lipinski definition) is 0. The smallest absolute Gasteiger partial charge is 0.262 e. The van der Waals surface area contributed by atoms with Crippen molar-refractivity contribution < 1.29 is 8.42 Å². The van der Waals surface area contributed by atoms with E-state index in [-0.39, 0.29) is 17.1 Å². The number of aromatic nitrogens is 6. The van der Waals surface area contributed by atoms with Gasteiger partial charge in [0.25, 0.3) is 10.0 Å². The minimum Gasteiger partial charge on any atom is -0.352 e. The van der Waals surface area contributed by atoms with Crippen LogP contribution in [-0.2, 0) is 17.1 Å². The number of piperazine rings is 1. The van der Waals surface area contributed by atoms with Crippen LogP contribution in [0.2, 0.25) is 0 Å². The number of sulfonamides is 1. The number of anilines is 1. The van der Waals surface area contributed by atoms with Crippen LogP contribution in [0.1, 0.15) is 12.2 Å². The third-order valence-corrected chi connectivity index (χ3v) is 7.10. The molecule has 0 spiro atoms. The highest BCUT2D eigenvalue weighted by atomic mass is 32.2. The fraction of sp³-hybridized carbons (Fsp3) is 0.467. The van der Waals surface area contributed by atoms with E-state index in [9.17, 15) is 8.42 Å². The fourth-order valence-electron chi connectivity index (χ4n) is 3.80. The quantitative estimate of drug-likeness (QED) is 0.627. The molecule has 136 valence electrons. The van der Waals surface area contributed by atoms with E-state index < -0.39 is 10.0 Å². The molecule has 2 atom stereocenters. The van der Waals surface area contributed by atoms with Gasteiger partial charge in [0, 0.05) is 38.4 Å². The molecule has 0 amide bonds. The molecule has 26 heavy (non-hydrogen) atoms. The van der Waals surface area contributed by atoms with E-state index in [4.69, 9.17) is 0 Å². The molecule has 3 saturated heterocycles. The summed E-state index contributed by atoms with van der Waals surface area (Å²) in [7, 11) is -1.77. The van der Waals surface area contributed by atoms with Crippen molar-refractivity contribution in [1.29, 1.82) is 0 Å². The molecule has 2 bridgehead atoms. The van der Waals surface area contributed by atoms with Crippen molar-refractivity contribution in [3.05, 3.63) is 30.5 Å². The Bertz CT molecular complexity index is 1070. The third-order valence-electron chi connectivity index (χ3n) is 5.23. The Hall–Kier alpha value is -2.53. The predicted molar refractivity (Wildman–Crippen MR) is 92.2 cm³/mol. The van der Waals surface area contributed by atoms with Crippen LogP contribution in [0.3, 0.4) is 0 Å². The van der Waals surface area contributed by atoms with Gasteiger partial charge in [0.1, 0.15) is 18.0 Å². The summed E-state index contributed by atoms with van der Waals surface area (Å²) in [4.78, 5) is 6.33. The van der Waals surface area contributed by atoms with Gasteiger partial charge in [0.15, 0.2) is 10.7 Å². The van der Waals surface area contributed by atoms with Gasteiger partial charge in [-0.25, -0.2) is 13.4 Å². The molecule has 0 N–H and O–H groups in total. The lowest BCUT2D eigenvalue weighted by molar-refractivity contribution is 0.0870. The van der Waals surface area contributed by atoms with Gasteiger partial charge >= 0.3 is 0 Å². The predicted octanol–water partition coefficient (Wildman–Crippen LogP) is -0.182. The van der Waals surface area contributed by atoms with E-state index in [0.717, 1.165) is 12.2 Å². The van der Waals surface area contributed by atoms with Crippen LogP contribution in [0.25, 0.3) is 5.65 Å². The zero-order valence-electron chi connectivity index (χ0n) is 14.4. The van der Waals surface area contributed by atoms with E-state index in [0.29, 0.717) is 24.6 Å². The van der Waals surface area contributed by atoms with Gasteiger partial charge in [0.2, 0.25) is 0 Å². The summed E-state index contributed by atoms with van der Waals surface area (Å²) in [6, 6.07) is 3.65. The van der Waals surface area contributed by atoms with Crippen LogP contribution >= 0.6 is 0 Å². The van der Waals surface area contributed by atoms with Crippen LogP contribution in [-0.4, -0.2) is 67.3 Å². The lowest BCUT2D eigenvalue weighted by atomic mass is 9.91. The van der Waals surface area contributed by atoms with Crippen molar-refractivity contribution in [2.45, 2.75) is 30.5 Å². The molecule has 6 heterocycles. The van der Waals surface area contributed by atoms with Crippen molar-refractivity contribution in [2.24, 2.45) is 7.05 Å². The number of nitrogens with zero attached hydrogens (tertiary/aromatic N) is 8. The van der Waals surface area contributed by atoms with Crippen LogP contribution < -0.4 is 4.90 Å². The molecule has 3 aromatic heterocycles. The molecule has 0 aromatic carbocycles. The first-order chi connectivity index (χ1) is 12.4. The first-order valence-corrected chi connectivity index (χ1v) is 9.83. The van der Waals surface area contributed by atoms with Crippen LogP contribution in [0.15, 0.2) is 29.7 Å². The summed E-state index contributed by atoms with van der Waals surface area (Å²) < 4.78 is 30.9. The Morgan fingerprint density at radius 3 is 2.65 bits per heavy atom. The molecule has 3 aliphatic heterocycles. The van der Waals surface area contributed by atoms with E-state index in [1.165, 1.54) is 0 Å². The van der Waals surface area contributed by atoms with Gasteiger partial charge in [-0.2, -0.15) is 8.82 Å². The van der Waals surface area contributed by atoms with Crippen molar-refractivity contribution in [3.8, 4) is 0 Å². The Labute approximate surface area is 150 Å². The Balaban J connectivity index is 1.40. The van der Waals surface area contributed by atoms with Gasteiger partial charge < -0.3 is 9.47 Å². The van der Waals surface area contributed by atoms with Gasteiger partial charge in [-0.1, -0.05) is 0 Å². The number of hydrogen-bond acceptors (Lipinski definition) is 7. The second kappa shape index (κ2) is 5.24. The first-order valence-electron chi connectivity index (χ1n) is 8.39. The highest BCUT2D eigenvalue weighted by Gasteiger charge is 2.52. The van der Waals surface area contributed by atoms with Crippen molar-refractivity contribution in [1.82, 2.24) is 33.7 Å². The lowest BCUT2D eigenvalue weighted by Crippen LogP contribution is -2.70. The Kier molecular flexibility index (Phi) is 3.16. The van der Waals surface area contributed by atoms with E-state index >= 15 is 0 Å². The molecule has 0 saturated carbocycles. The maximum atomic E-state index is 13.0. The number of piperidine rings is 1. The average molecular weight is 374 g/mol. The minimum absolute atomic E-state index is 0.0560. The summed E-state index contributed by atoms with van der Waals surface area (Å²) in [5, 5.41) is 12.4. The highest BCUT2D eigenvalue weighted by Crippen LogP contribution is 2.38. The van der Waals surface area contributed by atoms with E-state index in [1.54, 1.807) is 39.9 Å². The van der Waals surface area contributed by atoms with E-state index in [1.807, 2.05) is 12.1 Å². The first kappa shape index (κ1) is 15.7. The Morgan fingerprint density at radius 1 is 1.19 bits per heavy atom. The van der Waals surface area contributed by atoms with Gasteiger partial charge in [-0.05, 0) is 25.5 Å². The molecule has 0 aliphatic carbocycles. The SMILES string of the molecule is Cc1nc(S(=O)(=O)N2C3CC2CN(c2ccc4nncn4n2)C3)cn1C. The van der Waals surface area contributed by atoms with Gasteiger partial charge in [-0.15, -0.1) is 15.3 Å². The van der Waals surface area contributed by atoms with Crippen LogP contribution in [0, 0.1) is 6.92 Å². The molecule has 2 unspecified atom stereocenters. The normalized spacial score (nSPS) is 23.4. The zero-order valence-corrected chi connectivity index (χ0v) is 15.2. The van der Waals surface area contributed by atoms with Crippen molar-refractivity contribution >= 4 is 21.5 Å². The molecular weight excluding hydrogens is 356 g/mol. The second-order valence-corrected chi connectivity index (χ2v) is 8.64. The zero-order chi connectivity index (χ0) is 18.1. The molecule has 11 heteroatoms. The van der Waals surface area contributed by atoms with E-state index in [2.05, 4.69) is 25.2 Å². The molecule has 0 radical (unpaired) electrons. The largest absolute Gasteiger partial charge is 0.352 e. The topological polar surface area (TPSA) is 102 Å². The van der Waals surface area contributed by atoms with Crippen LogP contribution in [0.4, 0.5) is 5.82 Å². The van der Waals surface area contributed by atoms with Crippen LogP contribution in [0.5, 0.6) is 0 Å². The lowest BCUT2D eigenvalue weighted by Gasteiger charge is -2.54. The highest BCUT2D eigenvalue weighted by molar-refractivity contribution is 7.89. The number of aryl methyl sites for hydroxylation is 2. The second-order valence-electron chi connectivity index (χ2n) is 6.85. The van der Waals surface area contributed by atoms with Gasteiger partial charge in [0.05, 0.1) is 0 Å². The number of fused-ring (bicyclic) bond motifs is 3. The summed E-state index contributed by atoms with van der Waals surface area (Å²) >= 11 is 0. The fourth-order valence-corrected chi connectivity index (χ4v) is 5.65. The maximum Gasteiger partial charge on any atom is 0.262 e. The van der Waals surface area contributed by atoms with Crippen molar-refractivity contribution in [2.75, 3.05) is 18.0 Å². The van der Waals surface area contributed by atoms with Gasteiger partial charge in [-0.3, -0.25) is 0 Å². The molecule has 3 aromatic rings. The third kappa shape index (κ3) is 2.16. The number of rotatable bonds is 3. The average Bonchev–Trinajstić information content (AvgIpc) is 3.21. The summed E-state index contributed by atoms with van der Waals surface area (Å²) in [6.45, 7) is 3.02.